The zero-order valence-corrected chi connectivity index (χ0v) is 9.90. The van der Waals surface area contributed by atoms with E-state index in [1.165, 1.54) is 5.56 Å². The summed E-state index contributed by atoms with van der Waals surface area (Å²) >= 11 is 0. The molecule has 16 heavy (non-hydrogen) atoms. The lowest BCUT2D eigenvalue weighted by molar-refractivity contribution is -0.0205. The summed E-state index contributed by atoms with van der Waals surface area (Å²) in [5.41, 5.74) is 1.17. The topological polar surface area (TPSA) is 30.5 Å². The molecule has 3 nitrogen and oxygen atoms in total. The molecular formula is C13H19NO2. The number of nitrogens with one attached hydrogen (secondary N) is 1. The number of hydrogen-bond donors (Lipinski definition) is 1. The van der Waals surface area contributed by atoms with Gasteiger partial charge in [-0.15, -0.1) is 0 Å². The zero-order valence-electron chi connectivity index (χ0n) is 9.90. The van der Waals surface area contributed by atoms with Gasteiger partial charge in [-0.1, -0.05) is 19.1 Å². The summed E-state index contributed by atoms with van der Waals surface area (Å²) in [6.45, 7) is 3.04. The molecule has 0 aliphatic carbocycles. The van der Waals surface area contributed by atoms with Crippen molar-refractivity contribution in [3.63, 3.8) is 0 Å². The Balaban J connectivity index is 2.05. The van der Waals surface area contributed by atoms with E-state index < -0.39 is 0 Å². The van der Waals surface area contributed by atoms with Gasteiger partial charge in [0.25, 0.3) is 0 Å². The molecule has 2 atom stereocenters. The minimum Gasteiger partial charge on any atom is -0.497 e. The van der Waals surface area contributed by atoms with Gasteiger partial charge in [0, 0.05) is 6.04 Å². The molecule has 3 heteroatoms. The molecule has 1 aromatic rings. The van der Waals surface area contributed by atoms with Crippen LogP contribution in [0.25, 0.3) is 0 Å². The van der Waals surface area contributed by atoms with Gasteiger partial charge >= 0.3 is 0 Å². The fraction of sp³-hybridized carbons (Fsp3) is 0.538. The molecule has 0 bridgehead atoms. The molecule has 1 aromatic carbocycles. The third-order valence-corrected chi connectivity index (χ3v) is 3.05. The molecule has 2 rings (SSSR count). The Morgan fingerprint density at radius 2 is 2.12 bits per heavy atom. The fourth-order valence-electron chi connectivity index (χ4n) is 1.97. The zero-order chi connectivity index (χ0) is 11.4. The van der Waals surface area contributed by atoms with Crippen LogP contribution in [-0.2, 0) is 4.74 Å². The molecule has 0 spiro atoms. The van der Waals surface area contributed by atoms with Gasteiger partial charge in [-0.25, -0.2) is 0 Å². The van der Waals surface area contributed by atoms with Crippen molar-refractivity contribution < 1.29 is 9.47 Å². The minimum atomic E-state index is 0.0320. The Hall–Kier alpha value is -1.06. The summed E-state index contributed by atoms with van der Waals surface area (Å²) in [7, 11) is 1.68. The van der Waals surface area contributed by atoms with Crippen molar-refractivity contribution >= 4 is 0 Å². The lowest BCUT2D eigenvalue weighted by atomic mass is 10.1. The second-order valence-electron chi connectivity index (χ2n) is 4.08. The summed E-state index contributed by atoms with van der Waals surface area (Å²) < 4.78 is 10.9. The summed E-state index contributed by atoms with van der Waals surface area (Å²) in [5, 5.41) is 3.49. The van der Waals surface area contributed by atoms with E-state index in [1.807, 2.05) is 12.1 Å². The highest BCUT2D eigenvalue weighted by atomic mass is 16.5. The second-order valence-corrected chi connectivity index (χ2v) is 4.08. The molecule has 1 fully saturated rings. The van der Waals surface area contributed by atoms with Crippen LogP contribution in [0.3, 0.4) is 0 Å². The van der Waals surface area contributed by atoms with Crippen LogP contribution < -0.4 is 10.1 Å². The van der Waals surface area contributed by atoms with E-state index in [0.29, 0.717) is 6.04 Å². The average Bonchev–Trinajstić information content (AvgIpc) is 2.39. The SMILES string of the molecule is CC[C@H]1CCO[C@@H](c2ccc(OC)cc2)N1. The highest BCUT2D eigenvalue weighted by Crippen LogP contribution is 2.23. The molecule has 1 heterocycles. The number of methoxy groups -OCH3 is 1. The maximum Gasteiger partial charge on any atom is 0.134 e. The molecule has 1 aliphatic heterocycles. The summed E-state index contributed by atoms with van der Waals surface area (Å²) in [5.74, 6) is 0.881. The molecule has 0 amide bonds. The summed E-state index contributed by atoms with van der Waals surface area (Å²) in [4.78, 5) is 0. The predicted molar refractivity (Wildman–Crippen MR) is 63.5 cm³/mol. The number of ether oxygens (including phenoxy) is 2. The molecule has 0 unspecified atom stereocenters. The first kappa shape index (κ1) is 11.4. The van der Waals surface area contributed by atoms with Crippen molar-refractivity contribution in [3.8, 4) is 5.75 Å². The maximum absolute atomic E-state index is 5.72. The molecule has 1 saturated heterocycles. The van der Waals surface area contributed by atoms with Crippen molar-refractivity contribution in [2.75, 3.05) is 13.7 Å². The fourth-order valence-corrected chi connectivity index (χ4v) is 1.97. The van der Waals surface area contributed by atoms with Crippen LogP contribution in [-0.4, -0.2) is 19.8 Å². The second kappa shape index (κ2) is 5.32. The first-order chi connectivity index (χ1) is 7.83. The maximum atomic E-state index is 5.72. The molecule has 0 aromatic heterocycles. The van der Waals surface area contributed by atoms with E-state index in [4.69, 9.17) is 9.47 Å². The van der Waals surface area contributed by atoms with Crippen LogP contribution in [0.1, 0.15) is 31.6 Å². The van der Waals surface area contributed by atoms with Gasteiger partial charge in [0.05, 0.1) is 13.7 Å². The first-order valence-corrected chi connectivity index (χ1v) is 5.85. The number of benzene rings is 1. The third kappa shape index (κ3) is 2.54. The van der Waals surface area contributed by atoms with E-state index in [9.17, 15) is 0 Å². The molecular weight excluding hydrogens is 202 g/mol. The highest BCUT2D eigenvalue weighted by Gasteiger charge is 2.21. The molecule has 1 aliphatic rings. The van der Waals surface area contributed by atoms with Gasteiger partial charge in [-0.05, 0) is 30.5 Å². The Bertz CT molecular complexity index is 323. The van der Waals surface area contributed by atoms with E-state index in [0.717, 1.165) is 25.2 Å². The van der Waals surface area contributed by atoms with E-state index in [-0.39, 0.29) is 6.23 Å². The lowest BCUT2D eigenvalue weighted by Crippen LogP contribution is -2.39. The number of hydrogen-bond acceptors (Lipinski definition) is 3. The Morgan fingerprint density at radius 3 is 2.75 bits per heavy atom. The molecule has 0 saturated carbocycles. The van der Waals surface area contributed by atoms with Gasteiger partial charge in [-0.2, -0.15) is 0 Å². The Labute approximate surface area is 96.8 Å². The van der Waals surface area contributed by atoms with Crippen molar-refractivity contribution in [3.05, 3.63) is 29.8 Å². The van der Waals surface area contributed by atoms with Crippen LogP contribution >= 0.6 is 0 Å². The van der Waals surface area contributed by atoms with Crippen LogP contribution in [0.15, 0.2) is 24.3 Å². The first-order valence-electron chi connectivity index (χ1n) is 5.85. The van der Waals surface area contributed by atoms with Crippen molar-refractivity contribution in [2.45, 2.75) is 32.0 Å². The molecule has 0 radical (unpaired) electrons. The highest BCUT2D eigenvalue weighted by molar-refractivity contribution is 5.28. The Morgan fingerprint density at radius 1 is 1.38 bits per heavy atom. The number of rotatable bonds is 3. The monoisotopic (exact) mass is 221 g/mol. The van der Waals surface area contributed by atoms with Crippen LogP contribution in [0.4, 0.5) is 0 Å². The summed E-state index contributed by atoms with van der Waals surface area (Å²) in [6.07, 6.45) is 2.28. The van der Waals surface area contributed by atoms with Gasteiger partial charge in [0.2, 0.25) is 0 Å². The van der Waals surface area contributed by atoms with E-state index in [1.54, 1.807) is 7.11 Å². The largest absolute Gasteiger partial charge is 0.497 e. The Kier molecular flexibility index (Phi) is 3.80. The average molecular weight is 221 g/mol. The van der Waals surface area contributed by atoms with Crippen molar-refractivity contribution in [2.24, 2.45) is 0 Å². The smallest absolute Gasteiger partial charge is 0.134 e. The van der Waals surface area contributed by atoms with Gasteiger partial charge < -0.3 is 9.47 Å². The van der Waals surface area contributed by atoms with E-state index >= 15 is 0 Å². The minimum absolute atomic E-state index is 0.0320. The van der Waals surface area contributed by atoms with Crippen molar-refractivity contribution in [1.29, 1.82) is 0 Å². The van der Waals surface area contributed by atoms with Gasteiger partial charge in [0.1, 0.15) is 12.0 Å². The molecule has 88 valence electrons. The van der Waals surface area contributed by atoms with Gasteiger partial charge in [0.15, 0.2) is 0 Å². The van der Waals surface area contributed by atoms with Crippen LogP contribution in [0.5, 0.6) is 5.75 Å². The van der Waals surface area contributed by atoms with Crippen LogP contribution in [0.2, 0.25) is 0 Å². The third-order valence-electron chi connectivity index (χ3n) is 3.05. The summed E-state index contributed by atoms with van der Waals surface area (Å²) in [6, 6.07) is 8.61. The van der Waals surface area contributed by atoms with Gasteiger partial charge in [-0.3, -0.25) is 5.32 Å². The molecule has 1 N–H and O–H groups in total. The lowest BCUT2D eigenvalue weighted by Gasteiger charge is -2.31. The van der Waals surface area contributed by atoms with Crippen molar-refractivity contribution in [1.82, 2.24) is 5.32 Å². The quantitative estimate of drug-likeness (QED) is 0.850. The standard InChI is InChI=1S/C13H19NO2/c1-3-11-8-9-16-13(14-11)10-4-6-12(15-2)7-5-10/h4-7,11,13-14H,3,8-9H2,1-2H3/t11-,13-/m0/s1. The van der Waals surface area contributed by atoms with Crippen LogP contribution in [0, 0.1) is 0 Å². The normalized spacial score (nSPS) is 25.4. The predicted octanol–water partition coefficient (Wildman–Crippen LogP) is 2.48. The van der Waals surface area contributed by atoms with E-state index in [2.05, 4.69) is 24.4 Å².